The maximum atomic E-state index is 13.2. The lowest BCUT2D eigenvalue weighted by Gasteiger charge is -2.46. The molecule has 2 aliphatic heterocycles. The summed E-state index contributed by atoms with van der Waals surface area (Å²) in [6.07, 6.45) is -13.5. The van der Waals surface area contributed by atoms with Gasteiger partial charge in [0.05, 0.1) is 42.4 Å². The van der Waals surface area contributed by atoms with Gasteiger partial charge in [-0.25, -0.2) is 18.1 Å². The first-order chi connectivity index (χ1) is 21.1. The number of guanidine groups is 1. The summed E-state index contributed by atoms with van der Waals surface area (Å²) >= 11 is 0. The van der Waals surface area contributed by atoms with Gasteiger partial charge in [0.25, 0.3) is 0 Å². The van der Waals surface area contributed by atoms with E-state index < -0.39 is 89.9 Å². The zero-order valence-corrected chi connectivity index (χ0v) is 24.7. The van der Waals surface area contributed by atoms with E-state index in [4.69, 9.17) is 25.7 Å². The van der Waals surface area contributed by atoms with Gasteiger partial charge in [-0.2, -0.15) is 13.2 Å². The third-order valence-electron chi connectivity index (χ3n) is 7.41. The molecule has 0 aliphatic carbocycles. The number of aliphatic hydroxyl groups is 4. The molecule has 18 heteroatoms. The average Bonchev–Trinajstić information content (AvgIpc) is 2.98. The van der Waals surface area contributed by atoms with Crippen LogP contribution in [0, 0.1) is 6.92 Å². The fourth-order valence-corrected chi connectivity index (χ4v) is 6.18. The van der Waals surface area contributed by atoms with Crippen LogP contribution in [0.5, 0.6) is 0 Å². The Morgan fingerprint density at radius 3 is 2.38 bits per heavy atom. The maximum Gasteiger partial charge on any atom is 0.416 e. The van der Waals surface area contributed by atoms with Crippen molar-refractivity contribution in [3.8, 4) is 0 Å². The fourth-order valence-electron chi connectivity index (χ4n) is 4.94. The van der Waals surface area contributed by atoms with Gasteiger partial charge in [0.15, 0.2) is 12.2 Å². The third-order valence-corrected chi connectivity index (χ3v) is 8.89. The van der Waals surface area contributed by atoms with Crippen LogP contribution < -0.4 is 21.5 Å². The van der Waals surface area contributed by atoms with Crippen molar-refractivity contribution in [3.63, 3.8) is 0 Å². The summed E-state index contributed by atoms with van der Waals surface area (Å²) in [4.78, 5) is 4.10. The van der Waals surface area contributed by atoms with Gasteiger partial charge in [-0.05, 0) is 37.3 Å². The summed E-state index contributed by atoms with van der Waals surface area (Å²) in [5.74, 6) is -0.351. The molecule has 2 aromatic rings. The van der Waals surface area contributed by atoms with E-state index in [-0.39, 0.29) is 23.1 Å². The number of benzene rings is 2. The number of aryl methyl sites for hydroxylation is 1. The van der Waals surface area contributed by atoms with Crippen molar-refractivity contribution >= 4 is 21.7 Å². The number of hydrogen-bond acceptors (Lipinski definition) is 11. The molecule has 45 heavy (non-hydrogen) atoms. The van der Waals surface area contributed by atoms with Gasteiger partial charge in [-0.15, -0.1) is 0 Å². The Labute approximate surface area is 256 Å². The van der Waals surface area contributed by atoms with Gasteiger partial charge in [0.1, 0.15) is 36.5 Å². The van der Waals surface area contributed by atoms with Gasteiger partial charge in [-0.1, -0.05) is 23.8 Å². The molecule has 2 heterocycles. The van der Waals surface area contributed by atoms with Gasteiger partial charge in [-0.3, -0.25) is 0 Å². The summed E-state index contributed by atoms with van der Waals surface area (Å²) in [5, 5.41) is 43.6. The van der Waals surface area contributed by atoms with Crippen LogP contribution in [-0.2, 0) is 30.4 Å². The largest absolute Gasteiger partial charge is 0.416 e. The lowest BCUT2D eigenvalue weighted by molar-refractivity contribution is -0.290. The first kappa shape index (κ1) is 35.0. The number of anilines is 1. The Morgan fingerprint density at radius 1 is 1.09 bits per heavy atom. The minimum atomic E-state index is -4.60. The molecular weight excluding hydrogens is 627 g/mol. The summed E-state index contributed by atoms with van der Waals surface area (Å²) < 4.78 is 85.5. The van der Waals surface area contributed by atoms with Crippen LogP contribution in [-0.4, -0.2) is 110 Å². The number of ether oxygens (including phenoxy) is 3. The maximum absolute atomic E-state index is 13.2. The molecule has 0 aromatic heterocycles. The van der Waals surface area contributed by atoms with E-state index in [0.29, 0.717) is 0 Å². The highest BCUT2D eigenvalue weighted by atomic mass is 32.2. The minimum Gasteiger partial charge on any atom is -0.394 e. The molecule has 10 N–H and O–H groups in total. The number of aliphatic imine (C=N–C) groups is 1. The van der Waals surface area contributed by atoms with E-state index in [1.165, 1.54) is 24.3 Å². The van der Waals surface area contributed by atoms with Crippen molar-refractivity contribution in [1.82, 2.24) is 4.72 Å². The molecule has 0 unspecified atom stereocenters. The van der Waals surface area contributed by atoms with Crippen molar-refractivity contribution in [2.24, 2.45) is 16.5 Å². The second-order valence-electron chi connectivity index (χ2n) is 10.7. The SMILES string of the molecule is Cc1ccc(S(=O)(=O)N[C@H]2[C@H](O[C@H]3[C@@H](N)[C@@H](CO)OC[C@@H]3N=C(N)Nc3cccc(C(F)(F)F)c3)O[C@H](CO)[C@@H](O)[C@@H]2O)cc1. The molecule has 4 rings (SSSR count). The number of hydrogen-bond donors (Lipinski definition) is 8. The Balaban J connectivity index is 1.62. The van der Waals surface area contributed by atoms with E-state index >= 15 is 0 Å². The second kappa shape index (κ2) is 14.2. The van der Waals surface area contributed by atoms with Crippen LogP contribution in [0.4, 0.5) is 18.9 Å². The third kappa shape index (κ3) is 8.28. The lowest BCUT2D eigenvalue weighted by Crippen LogP contribution is -2.67. The van der Waals surface area contributed by atoms with Crippen LogP contribution in [0.3, 0.4) is 0 Å². The number of nitrogens with one attached hydrogen (secondary N) is 2. The summed E-state index contributed by atoms with van der Waals surface area (Å²) in [6, 6.07) is 6.12. The van der Waals surface area contributed by atoms with E-state index in [2.05, 4.69) is 15.0 Å². The first-order valence-corrected chi connectivity index (χ1v) is 15.3. The van der Waals surface area contributed by atoms with Crippen molar-refractivity contribution in [3.05, 3.63) is 59.7 Å². The number of nitrogens with zero attached hydrogens (tertiary/aromatic N) is 1. The van der Waals surface area contributed by atoms with Gasteiger partial charge >= 0.3 is 6.18 Å². The van der Waals surface area contributed by atoms with Crippen molar-refractivity contribution in [2.75, 3.05) is 25.1 Å². The predicted octanol–water partition coefficient (Wildman–Crippen LogP) is -1.00. The van der Waals surface area contributed by atoms with Gasteiger partial charge < -0.3 is 51.4 Å². The Kier molecular flexibility index (Phi) is 11.1. The van der Waals surface area contributed by atoms with Crippen LogP contribution in [0.25, 0.3) is 0 Å². The van der Waals surface area contributed by atoms with E-state index in [0.717, 1.165) is 17.7 Å². The van der Waals surface area contributed by atoms with Gasteiger partial charge in [0.2, 0.25) is 10.0 Å². The van der Waals surface area contributed by atoms with Crippen LogP contribution in [0.15, 0.2) is 58.4 Å². The highest BCUT2D eigenvalue weighted by molar-refractivity contribution is 7.89. The van der Waals surface area contributed by atoms with E-state index in [1.807, 2.05) is 0 Å². The molecule has 14 nitrogen and oxygen atoms in total. The summed E-state index contributed by atoms with van der Waals surface area (Å²) in [5.41, 5.74) is 12.2. The Morgan fingerprint density at radius 2 is 1.76 bits per heavy atom. The second-order valence-corrected chi connectivity index (χ2v) is 12.4. The molecule has 0 saturated carbocycles. The number of aliphatic hydroxyl groups excluding tert-OH is 4. The highest BCUT2D eigenvalue weighted by Crippen LogP contribution is 2.31. The monoisotopic (exact) mass is 663 g/mol. The number of halogens is 3. The molecule has 0 radical (unpaired) electrons. The van der Waals surface area contributed by atoms with E-state index in [1.54, 1.807) is 19.1 Å². The van der Waals surface area contributed by atoms with Crippen molar-refractivity contribution < 1.29 is 56.2 Å². The van der Waals surface area contributed by atoms with Crippen molar-refractivity contribution in [1.29, 1.82) is 0 Å². The number of alkyl halides is 3. The minimum absolute atomic E-state index is 0.0260. The molecule has 9 atom stereocenters. The molecule has 2 saturated heterocycles. The predicted molar refractivity (Wildman–Crippen MR) is 153 cm³/mol. The number of rotatable bonds is 9. The highest BCUT2D eigenvalue weighted by Gasteiger charge is 2.50. The molecular formula is C27H36F3N5O9S. The zero-order chi connectivity index (χ0) is 33.1. The summed E-state index contributed by atoms with van der Waals surface area (Å²) in [6.45, 7) is 0.181. The molecule has 2 aromatic carbocycles. The molecule has 2 aliphatic rings. The standard InChI is InChI=1S/C27H36F3N5O9S/c1-13-5-7-16(8-6-13)45(40,41)35-21-23(39)22(38)19(11-37)43-25(21)44-24-17(12-42-18(10-36)20(24)31)34-26(32)33-15-4-2-3-14(9-15)27(28,29)30/h2-9,17-25,35-39H,10-12,31H2,1H3,(H3,32,33,34)/t17-,18+,19+,20-,21+,22+,23+,24+,25-/m0/s1. The molecule has 0 amide bonds. The fraction of sp³-hybridized carbons (Fsp3) is 0.519. The Bertz CT molecular complexity index is 1430. The molecule has 250 valence electrons. The smallest absolute Gasteiger partial charge is 0.394 e. The van der Waals surface area contributed by atoms with Crippen molar-refractivity contribution in [2.45, 2.75) is 72.9 Å². The Hall–Kier alpha value is -2.91. The number of nitrogens with two attached hydrogens (primary N) is 2. The topological polar surface area (TPSA) is 231 Å². The zero-order valence-electron chi connectivity index (χ0n) is 23.9. The van der Waals surface area contributed by atoms with Gasteiger partial charge in [0, 0.05) is 5.69 Å². The normalized spacial score (nSPS) is 31.5. The quantitative estimate of drug-likeness (QED) is 0.119. The van der Waals surface area contributed by atoms with E-state index in [9.17, 15) is 42.0 Å². The first-order valence-electron chi connectivity index (χ1n) is 13.8. The number of sulfonamides is 1. The van der Waals surface area contributed by atoms with Crippen LogP contribution >= 0.6 is 0 Å². The van der Waals surface area contributed by atoms with Crippen LogP contribution in [0.1, 0.15) is 11.1 Å². The molecule has 0 spiro atoms. The molecule has 0 bridgehead atoms. The lowest BCUT2D eigenvalue weighted by atomic mass is 9.95. The summed E-state index contributed by atoms with van der Waals surface area (Å²) in [7, 11) is -4.32. The average molecular weight is 664 g/mol. The molecule has 2 fully saturated rings. The van der Waals surface area contributed by atoms with Crippen LogP contribution in [0.2, 0.25) is 0 Å².